The van der Waals surface area contributed by atoms with E-state index in [-0.39, 0.29) is 11.4 Å². The molecule has 1 aliphatic heterocycles. The van der Waals surface area contributed by atoms with Crippen LogP contribution in [0.3, 0.4) is 0 Å². The Bertz CT molecular complexity index is 410. The van der Waals surface area contributed by atoms with Crippen LogP contribution in [0.4, 0.5) is 0 Å². The monoisotopic (exact) mass is 294 g/mol. The van der Waals surface area contributed by atoms with Crippen LogP contribution in [0.25, 0.3) is 0 Å². The highest BCUT2D eigenvalue weighted by Crippen LogP contribution is 2.23. The molecular formula is C16H22O3S. The summed E-state index contributed by atoms with van der Waals surface area (Å²) in [5.74, 6) is 0.949. The molecule has 4 heteroatoms. The van der Waals surface area contributed by atoms with Crippen molar-refractivity contribution in [2.75, 3.05) is 19.0 Å². The fraction of sp³-hybridized carbons (Fsp3) is 0.562. The molecule has 1 aromatic rings. The van der Waals surface area contributed by atoms with Crippen molar-refractivity contribution in [2.45, 2.75) is 38.9 Å². The Hall–Kier alpha value is -0.840. The number of benzene rings is 1. The van der Waals surface area contributed by atoms with Crippen molar-refractivity contribution in [2.24, 2.45) is 0 Å². The van der Waals surface area contributed by atoms with Gasteiger partial charge in [0, 0.05) is 18.2 Å². The molecule has 0 unspecified atom stereocenters. The van der Waals surface area contributed by atoms with Crippen LogP contribution >= 0.6 is 11.8 Å². The van der Waals surface area contributed by atoms with Gasteiger partial charge in [-0.25, -0.2) is 0 Å². The van der Waals surface area contributed by atoms with Gasteiger partial charge >= 0.3 is 0 Å². The lowest BCUT2D eigenvalue weighted by Crippen LogP contribution is -1.98. The SMILES string of the molecule is CC(=O)SCCCCCc1ccc(C2OCCO2)cc1. The van der Waals surface area contributed by atoms with Crippen molar-refractivity contribution in [3.8, 4) is 0 Å². The zero-order valence-corrected chi connectivity index (χ0v) is 12.8. The first kappa shape index (κ1) is 15.5. The Morgan fingerprint density at radius 3 is 2.50 bits per heavy atom. The third-order valence-corrected chi connectivity index (χ3v) is 4.19. The molecule has 1 heterocycles. The zero-order chi connectivity index (χ0) is 14.2. The molecule has 1 fully saturated rings. The first-order valence-corrected chi connectivity index (χ1v) is 8.19. The Balaban J connectivity index is 1.64. The van der Waals surface area contributed by atoms with Crippen LogP contribution < -0.4 is 0 Å². The van der Waals surface area contributed by atoms with E-state index in [0.29, 0.717) is 13.2 Å². The summed E-state index contributed by atoms with van der Waals surface area (Å²) in [5.41, 5.74) is 2.45. The molecule has 1 saturated heterocycles. The second-order valence-corrected chi connectivity index (χ2v) is 6.24. The minimum atomic E-state index is -0.173. The molecule has 0 N–H and O–H groups in total. The quantitative estimate of drug-likeness (QED) is 0.718. The van der Waals surface area contributed by atoms with Gasteiger partial charge in [0.05, 0.1) is 13.2 Å². The highest BCUT2D eigenvalue weighted by molar-refractivity contribution is 8.13. The van der Waals surface area contributed by atoms with Gasteiger partial charge in [-0.2, -0.15) is 0 Å². The van der Waals surface area contributed by atoms with Gasteiger partial charge in [0.25, 0.3) is 0 Å². The van der Waals surface area contributed by atoms with Gasteiger partial charge in [-0.05, 0) is 24.8 Å². The van der Waals surface area contributed by atoms with Gasteiger partial charge in [0.15, 0.2) is 11.4 Å². The molecule has 20 heavy (non-hydrogen) atoms. The van der Waals surface area contributed by atoms with Crippen LogP contribution in [0.1, 0.15) is 43.6 Å². The number of unbranched alkanes of at least 4 members (excludes halogenated alkanes) is 2. The molecule has 0 aliphatic carbocycles. The highest BCUT2D eigenvalue weighted by atomic mass is 32.2. The summed E-state index contributed by atoms with van der Waals surface area (Å²) >= 11 is 1.43. The number of ether oxygens (including phenoxy) is 2. The Labute approximate surface area is 125 Å². The van der Waals surface area contributed by atoms with E-state index in [1.807, 2.05) is 0 Å². The summed E-state index contributed by atoms with van der Waals surface area (Å²) in [6.45, 7) is 3.00. The summed E-state index contributed by atoms with van der Waals surface area (Å²) in [6.07, 6.45) is 4.39. The van der Waals surface area contributed by atoms with Crippen LogP contribution in [-0.2, 0) is 20.7 Å². The molecule has 0 radical (unpaired) electrons. The smallest absolute Gasteiger partial charge is 0.185 e. The topological polar surface area (TPSA) is 35.5 Å². The van der Waals surface area contributed by atoms with Crippen molar-refractivity contribution in [1.82, 2.24) is 0 Å². The molecule has 0 atom stereocenters. The molecule has 0 bridgehead atoms. The second-order valence-electron chi connectivity index (χ2n) is 4.97. The molecule has 0 saturated carbocycles. The lowest BCUT2D eigenvalue weighted by atomic mass is 10.1. The Morgan fingerprint density at radius 2 is 1.85 bits per heavy atom. The average molecular weight is 294 g/mol. The van der Waals surface area contributed by atoms with Crippen molar-refractivity contribution < 1.29 is 14.3 Å². The van der Waals surface area contributed by atoms with E-state index in [1.54, 1.807) is 6.92 Å². The van der Waals surface area contributed by atoms with Gasteiger partial charge in [0.2, 0.25) is 0 Å². The van der Waals surface area contributed by atoms with Gasteiger partial charge in [-0.15, -0.1) is 0 Å². The molecule has 0 spiro atoms. The predicted octanol–water partition coefficient (Wildman–Crippen LogP) is 3.72. The minimum Gasteiger partial charge on any atom is -0.346 e. The van der Waals surface area contributed by atoms with Crippen molar-refractivity contribution in [3.63, 3.8) is 0 Å². The van der Waals surface area contributed by atoms with Crippen LogP contribution in [0.5, 0.6) is 0 Å². The number of thioether (sulfide) groups is 1. The van der Waals surface area contributed by atoms with Crippen LogP contribution in [0.2, 0.25) is 0 Å². The largest absolute Gasteiger partial charge is 0.346 e. The third kappa shape index (κ3) is 5.27. The van der Waals surface area contributed by atoms with Crippen LogP contribution in [0.15, 0.2) is 24.3 Å². The van der Waals surface area contributed by atoms with Crippen LogP contribution in [-0.4, -0.2) is 24.1 Å². The van der Waals surface area contributed by atoms with Gasteiger partial charge in [-0.1, -0.05) is 42.4 Å². The number of hydrogen-bond acceptors (Lipinski definition) is 4. The molecule has 2 rings (SSSR count). The van der Waals surface area contributed by atoms with E-state index in [1.165, 1.54) is 30.2 Å². The number of carbonyl (C=O) groups excluding carboxylic acids is 1. The Morgan fingerprint density at radius 1 is 1.15 bits per heavy atom. The molecule has 3 nitrogen and oxygen atoms in total. The number of hydrogen-bond donors (Lipinski definition) is 0. The zero-order valence-electron chi connectivity index (χ0n) is 12.0. The summed E-state index contributed by atoms with van der Waals surface area (Å²) in [7, 11) is 0. The van der Waals surface area contributed by atoms with Crippen LogP contribution in [0, 0.1) is 0 Å². The van der Waals surface area contributed by atoms with E-state index in [4.69, 9.17) is 9.47 Å². The van der Waals surface area contributed by atoms with E-state index in [9.17, 15) is 4.79 Å². The molecule has 1 aromatic carbocycles. The lowest BCUT2D eigenvalue weighted by molar-refractivity contribution is -0.109. The van der Waals surface area contributed by atoms with E-state index in [2.05, 4.69) is 24.3 Å². The van der Waals surface area contributed by atoms with Gasteiger partial charge < -0.3 is 9.47 Å². The first-order chi connectivity index (χ1) is 9.75. The minimum absolute atomic E-state index is 0.173. The van der Waals surface area contributed by atoms with Gasteiger partial charge in [-0.3, -0.25) is 4.79 Å². The summed E-state index contributed by atoms with van der Waals surface area (Å²) < 4.78 is 10.9. The average Bonchev–Trinajstić information content (AvgIpc) is 2.97. The predicted molar refractivity (Wildman–Crippen MR) is 81.8 cm³/mol. The highest BCUT2D eigenvalue weighted by Gasteiger charge is 2.17. The summed E-state index contributed by atoms with van der Waals surface area (Å²) in [4.78, 5) is 10.8. The standard InChI is InChI=1S/C16H22O3S/c1-13(17)20-12-4-2-3-5-14-6-8-15(9-7-14)16-18-10-11-19-16/h6-9,16H,2-5,10-12H2,1H3. The van der Waals surface area contributed by atoms with Crippen molar-refractivity contribution >= 4 is 16.9 Å². The maximum absolute atomic E-state index is 10.8. The van der Waals surface area contributed by atoms with Crippen molar-refractivity contribution in [1.29, 1.82) is 0 Å². The maximum Gasteiger partial charge on any atom is 0.185 e. The molecular weight excluding hydrogens is 272 g/mol. The lowest BCUT2D eigenvalue weighted by Gasteiger charge is -2.10. The molecule has 0 aromatic heterocycles. The molecule has 0 amide bonds. The fourth-order valence-electron chi connectivity index (χ4n) is 2.22. The second kappa shape index (κ2) is 8.45. The van der Waals surface area contributed by atoms with Crippen molar-refractivity contribution in [3.05, 3.63) is 35.4 Å². The third-order valence-electron chi connectivity index (χ3n) is 3.29. The van der Waals surface area contributed by atoms with E-state index >= 15 is 0 Å². The van der Waals surface area contributed by atoms with E-state index < -0.39 is 0 Å². The Kier molecular flexibility index (Phi) is 6.57. The first-order valence-electron chi connectivity index (χ1n) is 7.21. The fourth-order valence-corrected chi connectivity index (χ4v) is 2.85. The van der Waals surface area contributed by atoms with Gasteiger partial charge in [0.1, 0.15) is 0 Å². The number of rotatable bonds is 7. The number of aryl methyl sites for hydroxylation is 1. The molecule has 1 aliphatic rings. The number of carbonyl (C=O) groups is 1. The summed E-state index contributed by atoms with van der Waals surface area (Å²) in [6, 6.07) is 8.50. The summed E-state index contributed by atoms with van der Waals surface area (Å²) in [5, 5.41) is 0.219. The maximum atomic E-state index is 10.8. The molecule has 110 valence electrons. The normalized spacial score (nSPS) is 15.7. The van der Waals surface area contributed by atoms with E-state index in [0.717, 1.165) is 24.2 Å².